The van der Waals surface area contributed by atoms with Gasteiger partial charge in [0.1, 0.15) is 24.0 Å². The second-order valence-electron chi connectivity index (χ2n) is 4.11. The molecular weight excluding hydrogens is 256 g/mol. The fraction of sp³-hybridized carbons (Fsp3) is 0.286. The molecule has 1 aromatic heterocycles. The minimum Gasteiger partial charge on any atom is -0.494 e. The van der Waals surface area contributed by atoms with E-state index in [1.54, 1.807) is 13.2 Å². The van der Waals surface area contributed by atoms with Gasteiger partial charge in [-0.2, -0.15) is 0 Å². The lowest BCUT2D eigenvalue weighted by molar-refractivity contribution is 0.178. The highest BCUT2D eigenvalue weighted by Gasteiger charge is 2.03. The number of nitrogens with two attached hydrogens (primary N) is 1. The summed E-state index contributed by atoms with van der Waals surface area (Å²) in [6.07, 6.45) is 0. The van der Waals surface area contributed by atoms with Crippen LogP contribution in [0.25, 0.3) is 0 Å². The summed E-state index contributed by atoms with van der Waals surface area (Å²) in [6, 6.07) is 9.30. The average molecular weight is 274 g/mol. The first-order chi connectivity index (χ1) is 9.71. The van der Waals surface area contributed by atoms with Crippen LogP contribution in [0.2, 0.25) is 0 Å². The molecule has 0 saturated heterocycles. The van der Waals surface area contributed by atoms with Crippen molar-refractivity contribution in [3.05, 3.63) is 36.2 Å². The molecule has 0 saturated carbocycles. The normalized spacial score (nSPS) is 10.3. The molecule has 0 unspecified atom stereocenters. The van der Waals surface area contributed by atoms with Gasteiger partial charge in [0, 0.05) is 18.9 Å². The van der Waals surface area contributed by atoms with Crippen LogP contribution in [-0.2, 0) is 11.3 Å². The molecule has 20 heavy (non-hydrogen) atoms. The van der Waals surface area contributed by atoms with Gasteiger partial charge in [0.2, 0.25) is 0 Å². The number of ether oxygens (including phenoxy) is 2. The van der Waals surface area contributed by atoms with E-state index in [2.05, 4.69) is 15.3 Å². The Morgan fingerprint density at radius 1 is 1.20 bits per heavy atom. The van der Waals surface area contributed by atoms with Gasteiger partial charge >= 0.3 is 0 Å². The Labute approximate surface area is 118 Å². The van der Waals surface area contributed by atoms with Gasteiger partial charge in [0.15, 0.2) is 5.82 Å². The van der Waals surface area contributed by atoms with Crippen LogP contribution < -0.4 is 15.8 Å². The largest absolute Gasteiger partial charge is 0.494 e. The molecule has 0 bridgehead atoms. The first-order valence-corrected chi connectivity index (χ1v) is 6.33. The summed E-state index contributed by atoms with van der Waals surface area (Å²) >= 11 is 0. The maximum absolute atomic E-state index is 5.74. The lowest BCUT2D eigenvalue weighted by Crippen LogP contribution is -2.04. The van der Waals surface area contributed by atoms with Gasteiger partial charge in [-0.3, -0.25) is 0 Å². The molecule has 2 rings (SSSR count). The second kappa shape index (κ2) is 6.72. The minimum absolute atomic E-state index is 0.322. The Kier molecular flexibility index (Phi) is 4.73. The van der Waals surface area contributed by atoms with Crippen molar-refractivity contribution in [1.29, 1.82) is 0 Å². The lowest BCUT2D eigenvalue weighted by Gasteiger charge is -2.09. The molecule has 0 aliphatic rings. The summed E-state index contributed by atoms with van der Waals surface area (Å²) in [5.41, 5.74) is 6.64. The third-order valence-electron chi connectivity index (χ3n) is 2.50. The smallest absolute Gasteiger partial charge is 0.158 e. The molecule has 2 aromatic rings. The zero-order valence-electron chi connectivity index (χ0n) is 11.6. The summed E-state index contributed by atoms with van der Waals surface area (Å²) in [5.74, 6) is 2.41. The Bertz CT molecular complexity index is 558. The van der Waals surface area contributed by atoms with Crippen molar-refractivity contribution in [2.45, 2.75) is 13.5 Å². The molecule has 0 atom stereocenters. The van der Waals surface area contributed by atoms with Gasteiger partial charge < -0.3 is 20.5 Å². The fourth-order valence-electron chi connectivity index (χ4n) is 1.72. The Morgan fingerprint density at radius 2 is 1.95 bits per heavy atom. The van der Waals surface area contributed by atoms with E-state index in [-0.39, 0.29) is 0 Å². The molecule has 6 nitrogen and oxygen atoms in total. The van der Waals surface area contributed by atoms with Gasteiger partial charge in [0.05, 0.1) is 6.61 Å². The molecule has 106 valence electrons. The van der Waals surface area contributed by atoms with Crippen LogP contribution in [-0.4, -0.2) is 23.7 Å². The Hall–Kier alpha value is -2.34. The number of methoxy groups -OCH3 is 1. The number of aromatic nitrogens is 2. The molecule has 1 heterocycles. The van der Waals surface area contributed by atoms with E-state index in [9.17, 15) is 0 Å². The molecule has 0 aliphatic carbocycles. The fourth-order valence-corrected chi connectivity index (χ4v) is 1.72. The Morgan fingerprint density at radius 3 is 2.60 bits per heavy atom. The predicted octanol–water partition coefficient (Wildman–Crippen LogP) is 2.35. The molecule has 1 aromatic carbocycles. The number of hydrogen-bond acceptors (Lipinski definition) is 6. The molecule has 0 fully saturated rings. The average Bonchev–Trinajstić information content (AvgIpc) is 2.41. The number of nitrogens with one attached hydrogen (secondary N) is 1. The van der Waals surface area contributed by atoms with Gasteiger partial charge in [-0.25, -0.2) is 9.97 Å². The summed E-state index contributed by atoms with van der Waals surface area (Å²) < 4.78 is 10.4. The van der Waals surface area contributed by atoms with Gasteiger partial charge in [0.25, 0.3) is 0 Å². The van der Waals surface area contributed by atoms with E-state index in [1.165, 1.54) is 0 Å². The standard InChI is InChI=1S/C14H18N4O2/c1-3-20-11-6-4-10(5-7-11)16-13-8-12(15)17-14(18-13)9-19-2/h4-8H,3,9H2,1-2H3,(H3,15,16,17,18). The highest BCUT2D eigenvalue weighted by atomic mass is 16.5. The van der Waals surface area contributed by atoms with Gasteiger partial charge in [-0.1, -0.05) is 0 Å². The highest BCUT2D eigenvalue weighted by molar-refractivity contribution is 5.59. The molecule has 0 amide bonds. The van der Waals surface area contributed by atoms with Crippen molar-refractivity contribution in [2.75, 3.05) is 24.8 Å². The van der Waals surface area contributed by atoms with E-state index in [0.29, 0.717) is 30.7 Å². The molecule has 6 heteroatoms. The van der Waals surface area contributed by atoms with Gasteiger partial charge in [-0.05, 0) is 31.2 Å². The molecule has 0 spiro atoms. The number of anilines is 3. The van der Waals surface area contributed by atoms with Crippen molar-refractivity contribution in [2.24, 2.45) is 0 Å². The first-order valence-electron chi connectivity index (χ1n) is 6.33. The Balaban J connectivity index is 2.12. The van der Waals surface area contributed by atoms with E-state index in [0.717, 1.165) is 11.4 Å². The van der Waals surface area contributed by atoms with Crippen LogP contribution in [0, 0.1) is 0 Å². The number of nitrogens with zero attached hydrogens (tertiary/aromatic N) is 2. The van der Waals surface area contributed by atoms with E-state index >= 15 is 0 Å². The van der Waals surface area contributed by atoms with Crippen molar-refractivity contribution in [3.8, 4) is 5.75 Å². The van der Waals surface area contributed by atoms with Crippen LogP contribution in [0.15, 0.2) is 30.3 Å². The SMILES string of the molecule is CCOc1ccc(Nc2cc(N)nc(COC)n2)cc1. The first kappa shape index (κ1) is 14.1. The number of hydrogen-bond donors (Lipinski definition) is 2. The summed E-state index contributed by atoms with van der Waals surface area (Å²) in [4.78, 5) is 8.40. The zero-order valence-corrected chi connectivity index (χ0v) is 11.6. The topological polar surface area (TPSA) is 82.3 Å². The quantitative estimate of drug-likeness (QED) is 0.841. The van der Waals surface area contributed by atoms with Crippen molar-refractivity contribution >= 4 is 17.3 Å². The van der Waals surface area contributed by atoms with Crippen LogP contribution in [0.4, 0.5) is 17.3 Å². The van der Waals surface area contributed by atoms with Crippen molar-refractivity contribution in [3.63, 3.8) is 0 Å². The third-order valence-corrected chi connectivity index (χ3v) is 2.50. The van der Waals surface area contributed by atoms with E-state index in [1.807, 2.05) is 31.2 Å². The zero-order chi connectivity index (χ0) is 14.4. The molecule has 0 radical (unpaired) electrons. The summed E-state index contributed by atoms with van der Waals surface area (Å²) in [7, 11) is 1.59. The summed E-state index contributed by atoms with van der Waals surface area (Å²) in [6.45, 7) is 2.92. The molecular formula is C14H18N4O2. The maximum atomic E-state index is 5.74. The van der Waals surface area contributed by atoms with Gasteiger partial charge in [-0.15, -0.1) is 0 Å². The van der Waals surface area contributed by atoms with E-state index < -0.39 is 0 Å². The lowest BCUT2D eigenvalue weighted by atomic mass is 10.3. The molecule has 3 N–H and O–H groups in total. The van der Waals surface area contributed by atoms with E-state index in [4.69, 9.17) is 15.2 Å². The maximum Gasteiger partial charge on any atom is 0.158 e. The van der Waals surface area contributed by atoms with Crippen LogP contribution in [0.3, 0.4) is 0 Å². The second-order valence-corrected chi connectivity index (χ2v) is 4.11. The summed E-state index contributed by atoms with van der Waals surface area (Å²) in [5, 5.41) is 3.17. The minimum atomic E-state index is 0.322. The van der Waals surface area contributed by atoms with Crippen LogP contribution in [0.1, 0.15) is 12.7 Å². The van der Waals surface area contributed by atoms with Crippen LogP contribution in [0.5, 0.6) is 5.75 Å². The number of nitrogen functional groups attached to an aromatic ring is 1. The van der Waals surface area contributed by atoms with Crippen LogP contribution >= 0.6 is 0 Å². The van der Waals surface area contributed by atoms with Crippen molar-refractivity contribution < 1.29 is 9.47 Å². The third kappa shape index (κ3) is 3.83. The number of benzene rings is 1. The monoisotopic (exact) mass is 274 g/mol. The predicted molar refractivity (Wildman–Crippen MR) is 78.1 cm³/mol. The molecule has 0 aliphatic heterocycles. The number of rotatable bonds is 6. The van der Waals surface area contributed by atoms with Crippen molar-refractivity contribution in [1.82, 2.24) is 9.97 Å². The highest BCUT2D eigenvalue weighted by Crippen LogP contribution is 2.20.